The zero-order valence-corrected chi connectivity index (χ0v) is 15.9. The molecule has 1 fully saturated rings. The Kier molecular flexibility index (Phi) is 7.23. The number of rotatable bonds is 7. The number of ether oxygens (including phenoxy) is 2. The molecule has 0 radical (unpaired) electrons. The predicted octanol–water partition coefficient (Wildman–Crippen LogP) is 0.348. The Hall–Kier alpha value is -2.32. The monoisotopic (exact) mass is 364 g/mol. The molecule has 144 valence electrons. The van der Waals surface area contributed by atoms with Gasteiger partial charge in [-0.05, 0) is 12.1 Å². The first kappa shape index (κ1) is 20.0. The number of hydrogen-bond donors (Lipinski definition) is 1. The molecule has 2 amide bonds. The largest absolute Gasteiger partial charge is 0.493 e. The van der Waals surface area contributed by atoms with Gasteiger partial charge in [0, 0.05) is 52.0 Å². The summed E-state index contributed by atoms with van der Waals surface area (Å²) < 4.78 is 10.4. The van der Waals surface area contributed by atoms with Crippen molar-refractivity contribution in [2.75, 3.05) is 72.9 Å². The first-order valence-electron chi connectivity index (χ1n) is 8.59. The van der Waals surface area contributed by atoms with Gasteiger partial charge in [0.1, 0.15) is 0 Å². The topological polar surface area (TPSA) is 74.4 Å². The highest BCUT2D eigenvalue weighted by atomic mass is 16.5. The van der Waals surface area contributed by atoms with Gasteiger partial charge in [-0.1, -0.05) is 0 Å². The summed E-state index contributed by atoms with van der Waals surface area (Å²) in [6.07, 6.45) is 0. The van der Waals surface area contributed by atoms with Crippen LogP contribution in [0.15, 0.2) is 18.2 Å². The van der Waals surface area contributed by atoms with Gasteiger partial charge in [0.05, 0.1) is 27.3 Å². The van der Waals surface area contributed by atoms with E-state index in [-0.39, 0.29) is 11.8 Å². The molecule has 1 aromatic carbocycles. The Bertz CT molecular complexity index is 628. The summed E-state index contributed by atoms with van der Waals surface area (Å²) in [6.45, 7) is 3.84. The molecule has 0 unspecified atom stereocenters. The molecular weight excluding hydrogens is 336 g/mol. The fraction of sp³-hybridized carbons (Fsp3) is 0.556. The van der Waals surface area contributed by atoms with Crippen molar-refractivity contribution in [3.8, 4) is 11.5 Å². The van der Waals surface area contributed by atoms with Crippen molar-refractivity contribution in [1.82, 2.24) is 14.7 Å². The molecule has 0 aromatic heterocycles. The second kappa shape index (κ2) is 9.40. The number of piperazine rings is 1. The van der Waals surface area contributed by atoms with E-state index in [4.69, 9.17) is 9.47 Å². The highest BCUT2D eigenvalue weighted by Gasteiger charge is 2.21. The van der Waals surface area contributed by atoms with E-state index in [0.717, 1.165) is 26.2 Å². The van der Waals surface area contributed by atoms with Crippen LogP contribution < -0.4 is 14.8 Å². The van der Waals surface area contributed by atoms with Crippen molar-refractivity contribution in [2.24, 2.45) is 0 Å². The molecule has 2 rings (SSSR count). The standard InChI is InChI=1S/C18H28N4O4/c1-20(2)18(24)13-22-9-7-21(8-10-22)12-17(23)19-14-5-6-15(25-3)16(11-14)26-4/h5-6,11H,7-10,12-13H2,1-4H3,(H,19,23). The third kappa shape index (κ3) is 5.60. The lowest BCUT2D eigenvalue weighted by molar-refractivity contribution is -0.130. The van der Waals surface area contributed by atoms with Gasteiger partial charge in [-0.25, -0.2) is 0 Å². The van der Waals surface area contributed by atoms with Gasteiger partial charge in [0.25, 0.3) is 0 Å². The van der Waals surface area contributed by atoms with E-state index in [2.05, 4.69) is 15.1 Å². The zero-order chi connectivity index (χ0) is 19.1. The Labute approximate surface area is 154 Å². The predicted molar refractivity (Wildman–Crippen MR) is 99.7 cm³/mol. The fourth-order valence-electron chi connectivity index (χ4n) is 2.76. The van der Waals surface area contributed by atoms with Crippen LogP contribution in [-0.2, 0) is 9.59 Å². The molecule has 0 bridgehead atoms. The minimum atomic E-state index is -0.0740. The summed E-state index contributed by atoms with van der Waals surface area (Å²) >= 11 is 0. The Morgan fingerprint density at radius 2 is 1.58 bits per heavy atom. The molecule has 8 nitrogen and oxygen atoms in total. The summed E-state index contributed by atoms with van der Waals surface area (Å²) in [6, 6.07) is 5.28. The average Bonchev–Trinajstić information content (AvgIpc) is 2.63. The molecular formula is C18H28N4O4. The smallest absolute Gasteiger partial charge is 0.238 e. The van der Waals surface area contributed by atoms with E-state index in [0.29, 0.717) is 30.3 Å². The van der Waals surface area contributed by atoms with Crippen LogP contribution in [0.1, 0.15) is 0 Å². The number of hydrogen-bond acceptors (Lipinski definition) is 6. The van der Waals surface area contributed by atoms with Crippen molar-refractivity contribution in [1.29, 1.82) is 0 Å². The molecule has 1 heterocycles. The van der Waals surface area contributed by atoms with Crippen LogP contribution in [0.3, 0.4) is 0 Å². The van der Waals surface area contributed by atoms with E-state index < -0.39 is 0 Å². The lowest BCUT2D eigenvalue weighted by atomic mass is 10.2. The van der Waals surface area contributed by atoms with E-state index in [1.54, 1.807) is 51.4 Å². The molecule has 0 atom stereocenters. The Balaban J connectivity index is 1.80. The summed E-state index contributed by atoms with van der Waals surface area (Å²) in [7, 11) is 6.65. The van der Waals surface area contributed by atoms with Crippen molar-refractivity contribution in [3.05, 3.63) is 18.2 Å². The molecule has 1 aliphatic heterocycles. The normalized spacial score (nSPS) is 15.4. The molecule has 1 aliphatic rings. The van der Waals surface area contributed by atoms with Gasteiger partial charge in [-0.3, -0.25) is 19.4 Å². The maximum absolute atomic E-state index is 12.3. The number of carbonyl (C=O) groups is 2. The van der Waals surface area contributed by atoms with Crippen LogP contribution in [0.2, 0.25) is 0 Å². The summed E-state index contributed by atoms with van der Waals surface area (Å²) in [5.41, 5.74) is 0.669. The van der Waals surface area contributed by atoms with Crippen LogP contribution in [0.5, 0.6) is 11.5 Å². The SMILES string of the molecule is COc1ccc(NC(=O)CN2CCN(CC(=O)N(C)C)CC2)cc1OC. The van der Waals surface area contributed by atoms with Gasteiger partial charge in [0.15, 0.2) is 11.5 Å². The number of amides is 2. The molecule has 1 N–H and O–H groups in total. The maximum atomic E-state index is 12.3. The summed E-state index contributed by atoms with van der Waals surface area (Å²) in [5, 5.41) is 2.88. The number of likely N-dealkylation sites (N-methyl/N-ethyl adjacent to an activating group) is 1. The molecule has 0 aliphatic carbocycles. The first-order chi connectivity index (χ1) is 12.4. The summed E-state index contributed by atoms with van der Waals surface area (Å²) in [4.78, 5) is 29.8. The summed E-state index contributed by atoms with van der Waals surface area (Å²) in [5.74, 6) is 1.22. The highest BCUT2D eigenvalue weighted by Crippen LogP contribution is 2.29. The number of carbonyl (C=O) groups excluding carboxylic acids is 2. The molecule has 0 saturated carbocycles. The molecule has 1 saturated heterocycles. The van der Waals surface area contributed by atoms with Gasteiger partial charge in [-0.2, -0.15) is 0 Å². The fourth-order valence-corrected chi connectivity index (χ4v) is 2.76. The molecule has 8 heteroatoms. The number of anilines is 1. The van der Waals surface area contributed by atoms with Crippen LogP contribution in [0.25, 0.3) is 0 Å². The lowest BCUT2D eigenvalue weighted by Crippen LogP contribution is -2.50. The minimum Gasteiger partial charge on any atom is -0.493 e. The third-order valence-electron chi connectivity index (χ3n) is 4.36. The minimum absolute atomic E-state index is 0.0740. The zero-order valence-electron chi connectivity index (χ0n) is 15.9. The molecule has 1 aromatic rings. The van der Waals surface area contributed by atoms with Crippen LogP contribution >= 0.6 is 0 Å². The number of methoxy groups -OCH3 is 2. The van der Waals surface area contributed by atoms with E-state index in [9.17, 15) is 9.59 Å². The first-order valence-corrected chi connectivity index (χ1v) is 8.59. The Morgan fingerprint density at radius 3 is 2.12 bits per heavy atom. The average molecular weight is 364 g/mol. The van der Waals surface area contributed by atoms with Crippen LogP contribution in [0, 0.1) is 0 Å². The Morgan fingerprint density at radius 1 is 1.00 bits per heavy atom. The molecule has 0 spiro atoms. The van der Waals surface area contributed by atoms with Gasteiger partial charge >= 0.3 is 0 Å². The second-order valence-corrected chi connectivity index (χ2v) is 6.46. The van der Waals surface area contributed by atoms with Crippen LogP contribution in [0.4, 0.5) is 5.69 Å². The van der Waals surface area contributed by atoms with E-state index in [1.165, 1.54) is 0 Å². The van der Waals surface area contributed by atoms with Crippen molar-refractivity contribution < 1.29 is 19.1 Å². The third-order valence-corrected chi connectivity index (χ3v) is 4.36. The van der Waals surface area contributed by atoms with E-state index in [1.807, 2.05) is 0 Å². The van der Waals surface area contributed by atoms with E-state index >= 15 is 0 Å². The maximum Gasteiger partial charge on any atom is 0.238 e. The van der Waals surface area contributed by atoms with Crippen molar-refractivity contribution in [3.63, 3.8) is 0 Å². The van der Waals surface area contributed by atoms with Crippen LogP contribution in [-0.4, -0.2) is 94.1 Å². The number of benzene rings is 1. The number of nitrogens with one attached hydrogen (secondary N) is 1. The quantitative estimate of drug-likeness (QED) is 0.753. The van der Waals surface area contributed by atoms with Crippen molar-refractivity contribution in [2.45, 2.75) is 0 Å². The highest BCUT2D eigenvalue weighted by molar-refractivity contribution is 5.92. The van der Waals surface area contributed by atoms with Gasteiger partial charge in [0.2, 0.25) is 11.8 Å². The van der Waals surface area contributed by atoms with Gasteiger partial charge in [-0.15, -0.1) is 0 Å². The van der Waals surface area contributed by atoms with Crippen molar-refractivity contribution >= 4 is 17.5 Å². The second-order valence-electron chi connectivity index (χ2n) is 6.46. The van der Waals surface area contributed by atoms with Gasteiger partial charge < -0.3 is 19.7 Å². The molecule has 26 heavy (non-hydrogen) atoms. The number of nitrogens with zero attached hydrogens (tertiary/aromatic N) is 3. The lowest BCUT2D eigenvalue weighted by Gasteiger charge is -2.34.